The van der Waals surface area contributed by atoms with E-state index in [9.17, 15) is 0 Å². The Hall–Kier alpha value is -7.72. The van der Waals surface area contributed by atoms with Gasteiger partial charge in [0.15, 0.2) is 0 Å². The van der Waals surface area contributed by atoms with E-state index in [1.807, 2.05) is 11.3 Å². The fourth-order valence-corrected chi connectivity index (χ4v) is 10.4. The van der Waals surface area contributed by atoms with Gasteiger partial charge in [0.25, 0.3) is 0 Å². The van der Waals surface area contributed by atoms with Crippen molar-refractivity contribution in [1.29, 1.82) is 0 Å². The topological polar surface area (TPSA) is 12.5 Å². The van der Waals surface area contributed by atoms with Crippen molar-refractivity contribution in [2.24, 2.45) is 0 Å². The number of para-hydroxylation sites is 1. The van der Waals surface area contributed by atoms with Crippen molar-refractivity contribution in [3.63, 3.8) is 0 Å². The lowest BCUT2D eigenvalue weighted by Crippen LogP contribution is -2.10. The van der Waals surface area contributed by atoms with E-state index in [1.54, 1.807) is 0 Å². The number of benzene rings is 10. The largest absolute Gasteiger partial charge is 0.455 e. The molecule has 286 valence electrons. The molecular weight excluding hydrogens is 759 g/mol. The summed E-state index contributed by atoms with van der Waals surface area (Å²) in [7, 11) is 0. The Morgan fingerprint density at radius 3 is 1.70 bits per heavy atom. The van der Waals surface area contributed by atoms with E-state index >= 15 is 0 Å². The molecule has 11 aromatic rings. The van der Waals surface area contributed by atoms with Crippen LogP contribution in [0.15, 0.2) is 224 Å². The van der Waals surface area contributed by atoms with E-state index in [4.69, 9.17) is 4.74 Å². The minimum atomic E-state index is 0.845. The number of hydrogen-bond donors (Lipinski definition) is 0. The standard InChI is InChI=1S/C58H37NOS/c1-3-13-38(14-4-1)39-25-30-43(31-26-39)59(44-32-27-42(28-33-44)48-21-12-23-52-50-19-9-10-24-55(50)61-58(48)52)45-34-35-49-51-22-11-20-47(40-15-5-2-6-16-40)57(51)60-54-36-29-41-17-7-8-18-46(41)56(54)53(49)37-45/h1-37H. The maximum absolute atomic E-state index is 7.10. The molecule has 0 amide bonds. The molecule has 0 atom stereocenters. The smallest absolute Gasteiger partial charge is 0.143 e. The van der Waals surface area contributed by atoms with Crippen molar-refractivity contribution in [2.45, 2.75) is 0 Å². The van der Waals surface area contributed by atoms with Gasteiger partial charge in [-0.1, -0.05) is 176 Å². The number of rotatable bonds is 6. The lowest BCUT2D eigenvalue weighted by Gasteiger charge is -2.27. The summed E-state index contributed by atoms with van der Waals surface area (Å²) in [6.45, 7) is 0. The van der Waals surface area contributed by atoms with E-state index in [1.165, 1.54) is 47.8 Å². The third kappa shape index (κ3) is 6.01. The van der Waals surface area contributed by atoms with Gasteiger partial charge in [-0.3, -0.25) is 0 Å². The molecule has 0 radical (unpaired) electrons. The summed E-state index contributed by atoms with van der Waals surface area (Å²) in [5.74, 6) is 1.71. The molecule has 1 aliphatic heterocycles. The fraction of sp³-hybridized carbons (Fsp3) is 0. The molecule has 0 unspecified atom stereocenters. The first-order valence-electron chi connectivity index (χ1n) is 20.7. The molecule has 61 heavy (non-hydrogen) atoms. The number of anilines is 3. The zero-order valence-corrected chi connectivity index (χ0v) is 33.9. The lowest BCUT2D eigenvalue weighted by atomic mass is 9.89. The Kier molecular flexibility index (Phi) is 8.39. The lowest BCUT2D eigenvalue weighted by molar-refractivity contribution is 0.490. The second kappa shape index (κ2) is 14.5. The van der Waals surface area contributed by atoms with Gasteiger partial charge in [0.1, 0.15) is 11.5 Å². The zero-order valence-electron chi connectivity index (χ0n) is 33.1. The third-order valence-corrected chi connectivity index (χ3v) is 13.3. The molecule has 0 saturated heterocycles. The number of fused-ring (bicyclic) bond motifs is 10. The van der Waals surface area contributed by atoms with Crippen LogP contribution in [0.1, 0.15) is 0 Å². The van der Waals surface area contributed by atoms with Crippen LogP contribution in [0.2, 0.25) is 0 Å². The quantitative estimate of drug-likeness (QED) is 0.166. The van der Waals surface area contributed by atoms with Gasteiger partial charge in [-0.25, -0.2) is 0 Å². The van der Waals surface area contributed by atoms with Crippen molar-refractivity contribution < 1.29 is 4.74 Å². The van der Waals surface area contributed by atoms with Crippen LogP contribution in [0.3, 0.4) is 0 Å². The normalized spacial score (nSPS) is 11.7. The monoisotopic (exact) mass is 795 g/mol. The summed E-state index contributed by atoms with van der Waals surface area (Å²) in [6.07, 6.45) is 0. The van der Waals surface area contributed by atoms with Gasteiger partial charge >= 0.3 is 0 Å². The molecule has 12 rings (SSSR count). The first-order chi connectivity index (χ1) is 30.2. The second-order valence-electron chi connectivity index (χ2n) is 15.6. The predicted octanol–water partition coefficient (Wildman–Crippen LogP) is 17.1. The molecule has 0 spiro atoms. The molecule has 2 heterocycles. The highest BCUT2D eigenvalue weighted by atomic mass is 32.1. The number of hydrogen-bond acceptors (Lipinski definition) is 3. The average Bonchev–Trinajstić information content (AvgIpc) is 3.65. The summed E-state index contributed by atoms with van der Waals surface area (Å²) in [5, 5.41) is 4.95. The van der Waals surface area contributed by atoms with E-state index < -0.39 is 0 Å². The molecule has 0 N–H and O–H groups in total. The Morgan fingerprint density at radius 1 is 0.344 bits per heavy atom. The summed E-state index contributed by atoms with van der Waals surface area (Å²) < 4.78 is 9.73. The van der Waals surface area contributed by atoms with Gasteiger partial charge in [0.2, 0.25) is 0 Å². The molecule has 0 fully saturated rings. The molecule has 0 saturated carbocycles. The first-order valence-corrected chi connectivity index (χ1v) is 21.6. The highest BCUT2D eigenvalue weighted by molar-refractivity contribution is 7.26. The van der Waals surface area contributed by atoms with Crippen LogP contribution in [0.4, 0.5) is 17.1 Å². The minimum Gasteiger partial charge on any atom is -0.455 e. The summed E-state index contributed by atoms with van der Waals surface area (Å²) >= 11 is 1.87. The van der Waals surface area contributed by atoms with Crippen LogP contribution in [0.5, 0.6) is 11.5 Å². The van der Waals surface area contributed by atoms with Gasteiger partial charge in [-0.15, -0.1) is 11.3 Å². The number of nitrogens with zero attached hydrogens (tertiary/aromatic N) is 1. The van der Waals surface area contributed by atoms with Crippen LogP contribution in [0.25, 0.3) is 86.6 Å². The van der Waals surface area contributed by atoms with Crippen molar-refractivity contribution in [1.82, 2.24) is 0 Å². The molecule has 1 aliphatic rings. The fourth-order valence-electron chi connectivity index (χ4n) is 9.19. The van der Waals surface area contributed by atoms with Gasteiger partial charge in [-0.2, -0.15) is 0 Å². The number of thiophene rings is 1. The minimum absolute atomic E-state index is 0.845. The van der Waals surface area contributed by atoms with Crippen LogP contribution < -0.4 is 9.64 Å². The maximum atomic E-state index is 7.10. The number of ether oxygens (including phenoxy) is 1. The SMILES string of the molecule is c1ccc(-c2ccc(N(c3ccc(-c4cccc5c4sc4ccccc45)cc3)c3ccc4c(c3)-c3c(ccc5ccccc35)Oc3c(-c5ccccc5)cccc3-4)cc2)cc1. The van der Waals surface area contributed by atoms with Crippen LogP contribution in [0, 0.1) is 0 Å². The Morgan fingerprint density at radius 2 is 0.918 bits per heavy atom. The third-order valence-electron chi connectivity index (χ3n) is 12.1. The van der Waals surface area contributed by atoms with Gasteiger partial charge in [-0.05, 0) is 98.2 Å². The van der Waals surface area contributed by atoms with Crippen LogP contribution in [-0.2, 0) is 0 Å². The molecule has 0 aliphatic carbocycles. The van der Waals surface area contributed by atoms with Crippen molar-refractivity contribution in [3.05, 3.63) is 224 Å². The van der Waals surface area contributed by atoms with Gasteiger partial charge in [0.05, 0.1) is 0 Å². The van der Waals surface area contributed by atoms with Crippen LogP contribution >= 0.6 is 11.3 Å². The molecule has 1 aromatic heterocycles. The second-order valence-corrected chi connectivity index (χ2v) is 16.7. The molecule has 0 bridgehead atoms. The highest BCUT2D eigenvalue weighted by Crippen LogP contribution is 2.53. The Labute approximate surface area is 358 Å². The van der Waals surface area contributed by atoms with Gasteiger partial charge in [0, 0.05) is 53.9 Å². The Bertz CT molecular complexity index is 3420. The zero-order chi connectivity index (χ0) is 40.3. The Balaban J connectivity index is 1.05. The van der Waals surface area contributed by atoms with Crippen molar-refractivity contribution in [2.75, 3.05) is 4.90 Å². The highest BCUT2D eigenvalue weighted by Gasteiger charge is 2.27. The molecule has 3 heteroatoms. The van der Waals surface area contributed by atoms with Gasteiger partial charge < -0.3 is 9.64 Å². The molecule has 10 aromatic carbocycles. The maximum Gasteiger partial charge on any atom is 0.143 e. The van der Waals surface area contributed by atoms with E-state index in [-0.39, 0.29) is 0 Å². The summed E-state index contributed by atoms with van der Waals surface area (Å²) in [4.78, 5) is 2.39. The predicted molar refractivity (Wildman–Crippen MR) is 259 cm³/mol. The van der Waals surface area contributed by atoms with E-state index in [0.29, 0.717) is 0 Å². The van der Waals surface area contributed by atoms with E-state index in [2.05, 4.69) is 229 Å². The molecular formula is C58H37NOS. The summed E-state index contributed by atoms with van der Waals surface area (Å²) in [6, 6.07) is 81.0. The van der Waals surface area contributed by atoms with Crippen molar-refractivity contribution >= 4 is 59.3 Å². The van der Waals surface area contributed by atoms with Crippen LogP contribution in [-0.4, -0.2) is 0 Å². The van der Waals surface area contributed by atoms with Crippen molar-refractivity contribution in [3.8, 4) is 67.1 Å². The van der Waals surface area contributed by atoms with E-state index in [0.717, 1.165) is 67.3 Å². The molecule has 2 nitrogen and oxygen atoms in total. The first kappa shape index (κ1) is 35.2. The average molecular weight is 796 g/mol. The summed E-state index contributed by atoms with van der Waals surface area (Å²) in [5.41, 5.74) is 14.7.